The van der Waals surface area contributed by atoms with Crippen molar-refractivity contribution >= 4 is 10.9 Å². The van der Waals surface area contributed by atoms with Crippen LogP contribution >= 0.6 is 0 Å². The van der Waals surface area contributed by atoms with Gasteiger partial charge in [-0.1, -0.05) is 25.1 Å². The van der Waals surface area contributed by atoms with Gasteiger partial charge in [-0.3, -0.25) is 0 Å². The van der Waals surface area contributed by atoms with Crippen molar-refractivity contribution in [2.45, 2.75) is 20.4 Å². The number of hydrogen-bond acceptors (Lipinski definition) is 2. The third-order valence-corrected chi connectivity index (χ3v) is 4.25. The molecule has 1 aliphatic heterocycles. The van der Waals surface area contributed by atoms with Crippen molar-refractivity contribution in [1.82, 2.24) is 9.88 Å². The minimum absolute atomic E-state index is 0.332. The van der Waals surface area contributed by atoms with Crippen molar-refractivity contribution in [2.75, 3.05) is 19.8 Å². The van der Waals surface area contributed by atoms with Gasteiger partial charge in [0.2, 0.25) is 0 Å². The third-order valence-electron chi connectivity index (χ3n) is 4.25. The molecule has 19 heavy (non-hydrogen) atoms. The van der Waals surface area contributed by atoms with E-state index in [1.54, 1.807) is 0 Å². The highest BCUT2D eigenvalue weighted by molar-refractivity contribution is 5.85. The lowest BCUT2D eigenvalue weighted by Gasteiger charge is -2.38. The van der Waals surface area contributed by atoms with Crippen LogP contribution < -0.4 is 5.32 Å². The van der Waals surface area contributed by atoms with Crippen molar-refractivity contribution in [2.24, 2.45) is 12.5 Å². The maximum absolute atomic E-state index is 5.29. The van der Waals surface area contributed by atoms with Gasteiger partial charge >= 0.3 is 0 Å². The van der Waals surface area contributed by atoms with Crippen LogP contribution in [0.25, 0.3) is 10.9 Å². The van der Waals surface area contributed by atoms with Gasteiger partial charge in [0.1, 0.15) is 0 Å². The number of benzene rings is 1. The molecule has 2 heterocycles. The average Bonchev–Trinajstić information content (AvgIpc) is 2.62. The Kier molecular flexibility index (Phi) is 3.11. The zero-order chi connectivity index (χ0) is 13.5. The van der Waals surface area contributed by atoms with E-state index in [2.05, 4.69) is 55.0 Å². The molecule has 1 N–H and O–H groups in total. The fraction of sp³-hybridized carbons (Fsp3) is 0.500. The molecule has 0 amide bonds. The van der Waals surface area contributed by atoms with E-state index in [1.807, 2.05) is 0 Å². The normalized spacial score (nSPS) is 17.6. The lowest BCUT2D eigenvalue weighted by Crippen LogP contribution is -2.47. The van der Waals surface area contributed by atoms with Crippen LogP contribution in [0.2, 0.25) is 0 Å². The summed E-state index contributed by atoms with van der Waals surface area (Å²) in [7, 11) is 2.15. The molecule has 3 nitrogen and oxygen atoms in total. The standard InChI is InChI=1S/C16H22N2O/c1-12-13-6-4-5-7-14(13)18(3)15(12)8-17-9-16(2)10-19-11-16/h4-7,17H,8-11H2,1-3H3. The number of aromatic nitrogens is 1. The number of hydrogen-bond donors (Lipinski definition) is 1. The number of aryl methyl sites for hydroxylation is 2. The lowest BCUT2D eigenvalue weighted by atomic mass is 9.89. The molecule has 1 aromatic heterocycles. The van der Waals surface area contributed by atoms with Crippen molar-refractivity contribution < 1.29 is 4.74 Å². The highest BCUT2D eigenvalue weighted by Gasteiger charge is 2.32. The summed E-state index contributed by atoms with van der Waals surface area (Å²) in [5.74, 6) is 0. The second kappa shape index (κ2) is 4.66. The summed E-state index contributed by atoms with van der Waals surface area (Å²) in [6.45, 7) is 8.20. The van der Waals surface area contributed by atoms with Gasteiger partial charge in [-0.2, -0.15) is 0 Å². The molecule has 0 atom stereocenters. The molecule has 102 valence electrons. The summed E-state index contributed by atoms with van der Waals surface area (Å²) in [5.41, 5.74) is 4.42. The first-order chi connectivity index (χ1) is 9.11. The van der Waals surface area contributed by atoms with E-state index in [0.717, 1.165) is 26.3 Å². The van der Waals surface area contributed by atoms with E-state index in [4.69, 9.17) is 4.74 Å². The molecule has 0 saturated carbocycles. The summed E-state index contributed by atoms with van der Waals surface area (Å²) in [5, 5.41) is 4.95. The van der Waals surface area contributed by atoms with Gasteiger partial charge in [-0.05, 0) is 18.6 Å². The molecule has 2 aromatic rings. The van der Waals surface area contributed by atoms with Gasteiger partial charge in [0, 0.05) is 42.1 Å². The van der Waals surface area contributed by atoms with Crippen LogP contribution in [0.3, 0.4) is 0 Å². The van der Waals surface area contributed by atoms with Gasteiger partial charge in [0.05, 0.1) is 13.2 Å². The molecule has 3 rings (SSSR count). The number of ether oxygens (including phenoxy) is 1. The van der Waals surface area contributed by atoms with Crippen molar-refractivity contribution in [3.63, 3.8) is 0 Å². The van der Waals surface area contributed by atoms with Crippen LogP contribution in [0.15, 0.2) is 24.3 Å². The molecule has 0 radical (unpaired) electrons. The highest BCUT2D eigenvalue weighted by Crippen LogP contribution is 2.27. The lowest BCUT2D eigenvalue weighted by molar-refractivity contribution is -0.0992. The maximum Gasteiger partial charge on any atom is 0.0554 e. The summed E-state index contributed by atoms with van der Waals surface area (Å²) >= 11 is 0. The smallest absolute Gasteiger partial charge is 0.0554 e. The van der Waals surface area contributed by atoms with Crippen LogP contribution in [-0.2, 0) is 18.3 Å². The molecular formula is C16H22N2O. The zero-order valence-electron chi connectivity index (χ0n) is 12.0. The molecule has 3 heteroatoms. The van der Waals surface area contributed by atoms with Gasteiger partial charge in [0.25, 0.3) is 0 Å². The Hall–Kier alpha value is -1.32. The molecule has 1 fully saturated rings. The minimum Gasteiger partial charge on any atom is -0.380 e. The van der Waals surface area contributed by atoms with Crippen LogP contribution in [0.1, 0.15) is 18.2 Å². The summed E-state index contributed by atoms with van der Waals surface area (Å²) < 4.78 is 7.59. The summed E-state index contributed by atoms with van der Waals surface area (Å²) in [4.78, 5) is 0. The Labute approximate surface area is 114 Å². The van der Waals surface area contributed by atoms with Crippen LogP contribution in [0.4, 0.5) is 0 Å². The van der Waals surface area contributed by atoms with E-state index in [1.165, 1.54) is 22.2 Å². The maximum atomic E-state index is 5.29. The first-order valence-electron chi connectivity index (χ1n) is 6.92. The van der Waals surface area contributed by atoms with Crippen LogP contribution in [0.5, 0.6) is 0 Å². The predicted octanol–water partition coefficient (Wildman–Crippen LogP) is 2.61. The summed E-state index contributed by atoms with van der Waals surface area (Å²) in [6.07, 6.45) is 0. The Bertz CT molecular complexity index is 557. The van der Waals surface area contributed by atoms with E-state index in [0.29, 0.717) is 5.41 Å². The fourth-order valence-electron chi connectivity index (χ4n) is 2.92. The quantitative estimate of drug-likeness (QED) is 0.912. The number of para-hydroxylation sites is 1. The second-order valence-corrected chi connectivity index (χ2v) is 6.05. The number of nitrogens with zero attached hydrogens (tertiary/aromatic N) is 1. The monoisotopic (exact) mass is 258 g/mol. The zero-order valence-corrected chi connectivity index (χ0v) is 12.0. The van der Waals surface area contributed by atoms with E-state index in [9.17, 15) is 0 Å². The van der Waals surface area contributed by atoms with E-state index >= 15 is 0 Å². The number of nitrogens with one attached hydrogen (secondary N) is 1. The Balaban J connectivity index is 1.77. The van der Waals surface area contributed by atoms with Crippen LogP contribution in [-0.4, -0.2) is 24.3 Å². The summed E-state index contributed by atoms with van der Waals surface area (Å²) in [6, 6.07) is 8.60. The van der Waals surface area contributed by atoms with E-state index < -0.39 is 0 Å². The Morgan fingerprint density at radius 1 is 1.32 bits per heavy atom. The molecule has 0 unspecified atom stereocenters. The molecule has 0 aliphatic carbocycles. The van der Waals surface area contributed by atoms with Gasteiger partial charge < -0.3 is 14.6 Å². The van der Waals surface area contributed by atoms with Crippen molar-refractivity contribution in [3.8, 4) is 0 Å². The topological polar surface area (TPSA) is 26.2 Å². The predicted molar refractivity (Wildman–Crippen MR) is 78.3 cm³/mol. The SMILES string of the molecule is Cc1c(CNCC2(C)COC2)n(C)c2ccccc12. The first-order valence-corrected chi connectivity index (χ1v) is 6.92. The minimum atomic E-state index is 0.332. The van der Waals surface area contributed by atoms with Gasteiger partial charge in [0.15, 0.2) is 0 Å². The van der Waals surface area contributed by atoms with Gasteiger partial charge in [-0.25, -0.2) is 0 Å². The average molecular weight is 258 g/mol. The second-order valence-electron chi connectivity index (χ2n) is 6.05. The molecule has 0 spiro atoms. The highest BCUT2D eigenvalue weighted by atomic mass is 16.5. The van der Waals surface area contributed by atoms with E-state index in [-0.39, 0.29) is 0 Å². The van der Waals surface area contributed by atoms with Crippen molar-refractivity contribution in [3.05, 3.63) is 35.5 Å². The van der Waals surface area contributed by atoms with Crippen molar-refractivity contribution in [1.29, 1.82) is 0 Å². The fourth-order valence-corrected chi connectivity index (χ4v) is 2.92. The van der Waals surface area contributed by atoms with Gasteiger partial charge in [-0.15, -0.1) is 0 Å². The molecule has 1 aliphatic rings. The third kappa shape index (κ3) is 2.17. The molecule has 1 aromatic carbocycles. The molecule has 0 bridgehead atoms. The number of fused-ring (bicyclic) bond motifs is 1. The number of rotatable bonds is 4. The molecular weight excluding hydrogens is 236 g/mol. The Morgan fingerprint density at radius 3 is 2.68 bits per heavy atom. The van der Waals surface area contributed by atoms with Crippen LogP contribution in [0, 0.1) is 12.3 Å². The largest absolute Gasteiger partial charge is 0.380 e. The molecule has 1 saturated heterocycles. The first kappa shape index (κ1) is 12.7. The Morgan fingerprint density at radius 2 is 2.05 bits per heavy atom.